The molecule has 5 rings (SSSR count). The van der Waals surface area contributed by atoms with E-state index in [1.807, 2.05) is 30.3 Å². The minimum Gasteiger partial charge on any atom is -0.303 e. The first-order valence-electron chi connectivity index (χ1n) is 14.3. The zero-order valence-corrected chi connectivity index (χ0v) is 24.1. The normalized spacial score (nSPS) is 14.9. The molecule has 212 valence electrons. The molecule has 0 atom stereocenters. The molecule has 2 heterocycles. The van der Waals surface area contributed by atoms with Crippen molar-refractivity contribution in [2.24, 2.45) is 0 Å². The average Bonchev–Trinajstić information content (AvgIpc) is 3.36. The summed E-state index contributed by atoms with van der Waals surface area (Å²) in [5.41, 5.74) is 2.55. The second-order valence-electron chi connectivity index (χ2n) is 11.0. The van der Waals surface area contributed by atoms with Crippen LogP contribution in [0.1, 0.15) is 56.1 Å². The highest BCUT2D eigenvalue weighted by Gasteiger charge is 2.22. The number of pyridine rings is 1. The highest BCUT2D eigenvalue weighted by Crippen LogP contribution is 2.28. The van der Waals surface area contributed by atoms with Crippen molar-refractivity contribution >= 4 is 20.9 Å². The molecule has 0 amide bonds. The Balaban J connectivity index is 1.35. The molecule has 0 N–H and O–H groups in total. The molecule has 1 fully saturated rings. The molecule has 2 aromatic carbocycles. The van der Waals surface area contributed by atoms with Crippen molar-refractivity contribution in [1.29, 1.82) is 0 Å². The Morgan fingerprint density at radius 2 is 1.62 bits per heavy atom. The number of aromatic nitrogens is 2. The summed E-state index contributed by atoms with van der Waals surface area (Å²) in [4.78, 5) is 8.95. The van der Waals surface area contributed by atoms with Crippen LogP contribution in [0, 0.1) is 5.95 Å². The molecule has 0 spiro atoms. The first-order chi connectivity index (χ1) is 19.4. The highest BCUT2D eigenvalue weighted by molar-refractivity contribution is 7.90. The maximum absolute atomic E-state index is 13.6. The summed E-state index contributed by atoms with van der Waals surface area (Å²) in [6, 6.07) is 20.1. The Bertz CT molecular complexity index is 1480. The zero-order valence-electron chi connectivity index (χ0n) is 23.3. The SMILES string of the molecule is CN(CCCCN(Cc1ccc(F)nc1)Cc1cn(S(=O)(=O)c2ccccc2)c2ccccc12)C1CCCCC1. The second kappa shape index (κ2) is 13.1. The van der Waals surface area contributed by atoms with Gasteiger partial charge in [0.05, 0.1) is 10.4 Å². The van der Waals surface area contributed by atoms with Crippen molar-refractivity contribution < 1.29 is 12.8 Å². The molecule has 8 heteroatoms. The van der Waals surface area contributed by atoms with Gasteiger partial charge in [-0.25, -0.2) is 17.4 Å². The maximum Gasteiger partial charge on any atom is 0.268 e. The maximum atomic E-state index is 13.6. The topological polar surface area (TPSA) is 58.4 Å². The number of hydrogen-bond donors (Lipinski definition) is 0. The number of fused-ring (bicyclic) bond motifs is 1. The van der Waals surface area contributed by atoms with Gasteiger partial charge in [0.2, 0.25) is 5.95 Å². The van der Waals surface area contributed by atoms with Gasteiger partial charge in [0, 0.05) is 36.9 Å². The number of hydrogen-bond acceptors (Lipinski definition) is 5. The lowest BCUT2D eigenvalue weighted by Crippen LogP contribution is -2.34. The summed E-state index contributed by atoms with van der Waals surface area (Å²) in [7, 11) is -1.49. The van der Waals surface area contributed by atoms with E-state index >= 15 is 0 Å². The Morgan fingerprint density at radius 1 is 0.900 bits per heavy atom. The van der Waals surface area contributed by atoms with Gasteiger partial charge < -0.3 is 4.90 Å². The Kier molecular flexibility index (Phi) is 9.29. The second-order valence-corrected chi connectivity index (χ2v) is 12.8. The third-order valence-electron chi connectivity index (χ3n) is 8.08. The minimum absolute atomic E-state index is 0.263. The monoisotopic (exact) mass is 562 g/mol. The summed E-state index contributed by atoms with van der Waals surface area (Å²) in [6.07, 6.45) is 12.1. The predicted molar refractivity (Wildman–Crippen MR) is 158 cm³/mol. The highest BCUT2D eigenvalue weighted by atomic mass is 32.2. The Morgan fingerprint density at radius 3 is 2.38 bits per heavy atom. The molecule has 1 aliphatic rings. The van der Waals surface area contributed by atoms with Crippen molar-refractivity contribution in [2.45, 2.75) is 69.0 Å². The van der Waals surface area contributed by atoms with E-state index in [2.05, 4.69) is 21.8 Å². The number of nitrogens with zero attached hydrogens (tertiary/aromatic N) is 4. The standard InChI is InChI=1S/C32H39FN4O2S/c1-35(28-12-4-2-5-13-28)20-10-11-21-36(23-26-18-19-32(33)34-22-26)24-27-25-37(31-17-9-8-16-30(27)31)40(38,39)29-14-6-3-7-15-29/h3,6-9,14-19,22,25,28H,2,4-5,10-13,20-21,23-24H2,1H3. The molecule has 40 heavy (non-hydrogen) atoms. The number of unbranched alkanes of at least 4 members (excludes halogenated alkanes) is 1. The molecule has 1 aliphatic carbocycles. The first kappa shape index (κ1) is 28.5. The fraction of sp³-hybridized carbons (Fsp3) is 0.406. The fourth-order valence-electron chi connectivity index (χ4n) is 5.86. The van der Waals surface area contributed by atoms with Crippen LogP contribution in [-0.4, -0.2) is 53.4 Å². The van der Waals surface area contributed by atoms with Crippen LogP contribution in [0.5, 0.6) is 0 Å². The first-order valence-corrected chi connectivity index (χ1v) is 15.8. The van der Waals surface area contributed by atoms with Gasteiger partial charge in [0.1, 0.15) is 0 Å². The van der Waals surface area contributed by atoms with Gasteiger partial charge in [0.25, 0.3) is 10.0 Å². The van der Waals surface area contributed by atoms with E-state index in [1.54, 1.807) is 42.7 Å². The largest absolute Gasteiger partial charge is 0.303 e. The van der Waals surface area contributed by atoms with Crippen LogP contribution in [0.4, 0.5) is 4.39 Å². The van der Waals surface area contributed by atoms with Crippen molar-refractivity contribution in [3.05, 3.63) is 96.2 Å². The molecule has 0 radical (unpaired) electrons. The summed E-state index contributed by atoms with van der Waals surface area (Å²) in [5.74, 6) is -0.491. The van der Waals surface area contributed by atoms with Crippen LogP contribution >= 0.6 is 0 Å². The minimum atomic E-state index is -3.74. The number of para-hydroxylation sites is 1. The molecule has 4 aromatic rings. The Labute approximate surface area is 237 Å². The lowest BCUT2D eigenvalue weighted by Gasteiger charge is -2.31. The Hall–Kier alpha value is -3.07. The average molecular weight is 563 g/mol. The van der Waals surface area contributed by atoms with Gasteiger partial charge in [-0.05, 0) is 81.2 Å². The lowest BCUT2D eigenvalue weighted by atomic mass is 9.94. The number of halogens is 1. The van der Waals surface area contributed by atoms with Gasteiger partial charge in [0.15, 0.2) is 0 Å². The summed E-state index contributed by atoms with van der Waals surface area (Å²) in [5, 5.41) is 0.918. The molecule has 0 aliphatic heterocycles. The van der Waals surface area contributed by atoms with Crippen LogP contribution < -0.4 is 0 Å². The van der Waals surface area contributed by atoms with Gasteiger partial charge >= 0.3 is 0 Å². The predicted octanol–water partition coefficient (Wildman–Crippen LogP) is 6.46. The van der Waals surface area contributed by atoms with Crippen LogP contribution in [0.25, 0.3) is 10.9 Å². The van der Waals surface area contributed by atoms with Gasteiger partial charge in [-0.1, -0.05) is 61.7 Å². The van der Waals surface area contributed by atoms with E-state index in [9.17, 15) is 12.8 Å². The van der Waals surface area contributed by atoms with Crippen LogP contribution in [0.2, 0.25) is 0 Å². The molecule has 0 bridgehead atoms. The number of rotatable bonds is 12. The fourth-order valence-corrected chi connectivity index (χ4v) is 7.28. The smallest absolute Gasteiger partial charge is 0.268 e. The lowest BCUT2D eigenvalue weighted by molar-refractivity contribution is 0.182. The third-order valence-corrected chi connectivity index (χ3v) is 9.77. The van der Waals surface area contributed by atoms with E-state index in [1.165, 1.54) is 42.1 Å². The van der Waals surface area contributed by atoms with Crippen LogP contribution in [0.15, 0.2) is 84.0 Å². The van der Waals surface area contributed by atoms with Crippen LogP contribution in [0.3, 0.4) is 0 Å². The molecular weight excluding hydrogens is 523 g/mol. The van der Waals surface area contributed by atoms with Gasteiger partial charge in [-0.15, -0.1) is 0 Å². The molecular formula is C32H39FN4O2S. The molecule has 2 aromatic heterocycles. The summed E-state index contributed by atoms with van der Waals surface area (Å²) < 4.78 is 42.0. The summed E-state index contributed by atoms with van der Waals surface area (Å²) >= 11 is 0. The molecule has 6 nitrogen and oxygen atoms in total. The summed E-state index contributed by atoms with van der Waals surface area (Å²) in [6.45, 7) is 3.11. The zero-order chi connectivity index (χ0) is 28.0. The van der Waals surface area contributed by atoms with E-state index in [0.717, 1.165) is 42.4 Å². The quantitative estimate of drug-likeness (QED) is 0.147. The van der Waals surface area contributed by atoms with E-state index < -0.39 is 16.0 Å². The molecule has 0 saturated heterocycles. The van der Waals surface area contributed by atoms with Crippen LogP contribution in [-0.2, 0) is 23.1 Å². The van der Waals surface area contributed by atoms with Crippen molar-refractivity contribution in [2.75, 3.05) is 20.1 Å². The number of benzene rings is 2. The molecule has 0 unspecified atom stereocenters. The van der Waals surface area contributed by atoms with E-state index in [0.29, 0.717) is 24.6 Å². The van der Waals surface area contributed by atoms with Crippen molar-refractivity contribution in [3.8, 4) is 0 Å². The van der Waals surface area contributed by atoms with E-state index in [-0.39, 0.29) is 4.90 Å². The third kappa shape index (κ3) is 6.79. The van der Waals surface area contributed by atoms with E-state index in [4.69, 9.17) is 0 Å². The van der Waals surface area contributed by atoms with Crippen molar-refractivity contribution in [3.63, 3.8) is 0 Å². The van der Waals surface area contributed by atoms with Gasteiger partial charge in [-0.3, -0.25) is 4.90 Å². The van der Waals surface area contributed by atoms with Crippen molar-refractivity contribution in [1.82, 2.24) is 18.8 Å². The van der Waals surface area contributed by atoms with Gasteiger partial charge in [-0.2, -0.15) is 4.39 Å². The molecule has 1 saturated carbocycles.